The zero-order valence-corrected chi connectivity index (χ0v) is 13.8. The van der Waals surface area contributed by atoms with E-state index in [9.17, 15) is 15.0 Å². The number of rotatable bonds is 14. The van der Waals surface area contributed by atoms with E-state index in [2.05, 4.69) is 6.92 Å². The zero-order valence-electron chi connectivity index (χ0n) is 13.8. The summed E-state index contributed by atoms with van der Waals surface area (Å²) in [4.78, 5) is 10.2. The van der Waals surface area contributed by atoms with Crippen molar-refractivity contribution in [3.05, 3.63) is 24.3 Å². The van der Waals surface area contributed by atoms with Crippen molar-refractivity contribution < 1.29 is 20.1 Å². The van der Waals surface area contributed by atoms with Gasteiger partial charge in [0.2, 0.25) is 0 Å². The monoisotopic (exact) mass is 312 g/mol. The number of aliphatic carboxylic acids is 1. The molecule has 4 nitrogen and oxygen atoms in total. The molecule has 0 radical (unpaired) electrons. The third-order valence-corrected chi connectivity index (χ3v) is 3.57. The normalized spacial score (nSPS) is 14.7. The van der Waals surface area contributed by atoms with Crippen LogP contribution in [0.1, 0.15) is 71.1 Å². The molecule has 0 aromatic heterocycles. The van der Waals surface area contributed by atoms with E-state index in [0.717, 1.165) is 51.0 Å². The summed E-state index contributed by atoms with van der Waals surface area (Å²) in [5, 5.41) is 28.0. The van der Waals surface area contributed by atoms with Gasteiger partial charge in [-0.25, -0.2) is 4.79 Å². The summed E-state index contributed by atoms with van der Waals surface area (Å²) in [6.07, 6.45) is 14.8. The van der Waals surface area contributed by atoms with Crippen molar-refractivity contribution in [3.63, 3.8) is 0 Å². The molecule has 0 aromatic carbocycles. The van der Waals surface area contributed by atoms with E-state index >= 15 is 0 Å². The highest BCUT2D eigenvalue weighted by molar-refractivity contribution is 5.79. The molecule has 22 heavy (non-hydrogen) atoms. The Morgan fingerprint density at radius 2 is 1.45 bits per heavy atom. The lowest BCUT2D eigenvalue weighted by Gasteiger charge is -2.13. The lowest BCUT2D eigenvalue weighted by Crippen LogP contribution is -2.13. The molecule has 2 atom stereocenters. The Hall–Kier alpha value is -1.13. The summed E-state index contributed by atoms with van der Waals surface area (Å²) in [6.45, 7) is 2.14. The molecule has 0 bridgehead atoms. The van der Waals surface area contributed by atoms with Gasteiger partial charge in [0.15, 0.2) is 0 Å². The first-order chi connectivity index (χ1) is 10.6. The molecular weight excluding hydrogens is 280 g/mol. The van der Waals surface area contributed by atoms with E-state index in [1.807, 2.05) is 12.2 Å². The number of unbranched alkanes of at least 4 members (excludes halogenated alkanes) is 3. The van der Waals surface area contributed by atoms with Gasteiger partial charge in [-0.05, 0) is 44.9 Å². The van der Waals surface area contributed by atoms with Gasteiger partial charge in [0.1, 0.15) is 0 Å². The van der Waals surface area contributed by atoms with Gasteiger partial charge in [-0.2, -0.15) is 0 Å². The second kappa shape index (κ2) is 14.8. The fraction of sp³-hybridized carbons (Fsp3) is 0.722. The first kappa shape index (κ1) is 20.9. The molecule has 0 saturated carbocycles. The predicted molar refractivity (Wildman–Crippen MR) is 89.8 cm³/mol. The van der Waals surface area contributed by atoms with Gasteiger partial charge in [0.05, 0.1) is 12.2 Å². The van der Waals surface area contributed by atoms with E-state index < -0.39 is 5.97 Å². The molecule has 0 saturated heterocycles. The maximum Gasteiger partial charge on any atom is 0.327 e. The van der Waals surface area contributed by atoms with Gasteiger partial charge in [-0.1, -0.05) is 44.4 Å². The third kappa shape index (κ3) is 15.3. The summed E-state index contributed by atoms with van der Waals surface area (Å²) in [7, 11) is 0. The Morgan fingerprint density at radius 1 is 0.864 bits per heavy atom. The maximum absolute atomic E-state index is 10.2. The Morgan fingerprint density at radius 3 is 2.09 bits per heavy atom. The topological polar surface area (TPSA) is 77.8 Å². The molecule has 0 amide bonds. The standard InChI is InChI=1S/C18H32O4/c1-2-3-8-11-16(19)14-15-17(20)12-9-6-4-5-7-10-13-18(21)22/h4,6,10,13,16-17,19-20H,2-3,5,7-9,11-12,14-15H2,1H3,(H,21,22)/b6-4?,13-10-. The summed E-state index contributed by atoms with van der Waals surface area (Å²) in [5.74, 6) is -0.913. The minimum atomic E-state index is -0.913. The average molecular weight is 312 g/mol. The molecule has 0 heterocycles. The van der Waals surface area contributed by atoms with Crippen LogP contribution in [-0.4, -0.2) is 33.5 Å². The molecule has 0 fully saturated rings. The molecule has 0 aliphatic carbocycles. The van der Waals surface area contributed by atoms with Crippen molar-refractivity contribution in [2.75, 3.05) is 0 Å². The second-order valence-corrected chi connectivity index (χ2v) is 5.75. The minimum Gasteiger partial charge on any atom is -0.478 e. The van der Waals surface area contributed by atoms with Crippen molar-refractivity contribution in [3.8, 4) is 0 Å². The molecule has 2 unspecified atom stereocenters. The Kier molecular flexibility index (Phi) is 14.0. The number of carboxylic acids is 1. The van der Waals surface area contributed by atoms with Crippen LogP contribution in [0.5, 0.6) is 0 Å². The highest BCUT2D eigenvalue weighted by Gasteiger charge is 2.08. The molecular formula is C18H32O4. The lowest BCUT2D eigenvalue weighted by molar-refractivity contribution is -0.131. The van der Waals surface area contributed by atoms with E-state index in [-0.39, 0.29) is 12.2 Å². The van der Waals surface area contributed by atoms with Crippen LogP contribution in [0.3, 0.4) is 0 Å². The SMILES string of the molecule is CCCCCC(O)CCC(O)CCC=CCC/C=C\C(=O)O. The molecule has 0 spiro atoms. The molecule has 3 N–H and O–H groups in total. The van der Waals surface area contributed by atoms with Crippen molar-refractivity contribution in [2.45, 2.75) is 83.3 Å². The summed E-state index contributed by atoms with van der Waals surface area (Å²) in [6, 6.07) is 0. The predicted octanol–water partition coefficient (Wildman–Crippen LogP) is 3.83. The Bertz CT molecular complexity index is 323. The first-order valence-corrected chi connectivity index (χ1v) is 8.46. The highest BCUT2D eigenvalue weighted by Crippen LogP contribution is 2.12. The number of allylic oxidation sites excluding steroid dienone is 3. The van der Waals surface area contributed by atoms with Gasteiger partial charge in [0, 0.05) is 6.08 Å². The van der Waals surface area contributed by atoms with Gasteiger partial charge < -0.3 is 15.3 Å². The Labute approximate surface area is 134 Å². The van der Waals surface area contributed by atoms with Crippen molar-refractivity contribution in [2.24, 2.45) is 0 Å². The first-order valence-electron chi connectivity index (χ1n) is 8.46. The molecule has 0 aromatic rings. The number of carboxylic acid groups (broad SMARTS) is 1. The number of carbonyl (C=O) groups is 1. The lowest BCUT2D eigenvalue weighted by atomic mass is 10.0. The minimum absolute atomic E-state index is 0.280. The fourth-order valence-electron chi connectivity index (χ4n) is 2.20. The molecule has 4 heteroatoms. The van der Waals surface area contributed by atoms with E-state index in [1.54, 1.807) is 6.08 Å². The van der Waals surface area contributed by atoms with Crippen LogP contribution < -0.4 is 0 Å². The van der Waals surface area contributed by atoms with Gasteiger partial charge in [0.25, 0.3) is 0 Å². The Balaban J connectivity index is 3.52. The maximum atomic E-state index is 10.2. The van der Waals surface area contributed by atoms with Crippen LogP contribution in [-0.2, 0) is 4.79 Å². The largest absolute Gasteiger partial charge is 0.478 e. The number of hydrogen-bond acceptors (Lipinski definition) is 3. The van der Waals surface area contributed by atoms with Crippen LogP contribution in [0, 0.1) is 0 Å². The highest BCUT2D eigenvalue weighted by atomic mass is 16.4. The van der Waals surface area contributed by atoms with Crippen molar-refractivity contribution in [1.82, 2.24) is 0 Å². The van der Waals surface area contributed by atoms with E-state index in [1.165, 1.54) is 0 Å². The fourth-order valence-corrected chi connectivity index (χ4v) is 2.20. The quantitative estimate of drug-likeness (QED) is 0.259. The zero-order chi connectivity index (χ0) is 16.6. The number of hydrogen-bond donors (Lipinski definition) is 3. The van der Waals surface area contributed by atoms with Crippen molar-refractivity contribution in [1.29, 1.82) is 0 Å². The van der Waals surface area contributed by atoms with Gasteiger partial charge in [-0.3, -0.25) is 0 Å². The molecule has 0 rings (SSSR count). The van der Waals surface area contributed by atoms with E-state index in [0.29, 0.717) is 19.3 Å². The van der Waals surface area contributed by atoms with Crippen LogP contribution in [0.2, 0.25) is 0 Å². The van der Waals surface area contributed by atoms with Gasteiger partial charge in [-0.15, -0.1) is 0 Å². The molecule has 0 aliphatic heterocycles. The second-order valence-electron chi connectivity index (χ2n) is 5.75. The summed E-state index contributed by atoms with van der Waals surface area (Å²) < 4.78 is 0. The van der Waals surface area contributed by atoms with Crippen LogP contribution in [0.15, 0.2) is 24.3 Å². The van der Waals surface area contributed by atoms with Crippen LogP contribution in [0.4, 0.5) is 0 Å². The van der Waals surface area contributed by atoms with Crippen LogP contribution in [0.25, 0.3) is 0 Å². The molecule has 128 valence electrons. The van der Waals surface area contributed by atoms with E-state index in [4.69, 9.17) is 5.11 Å². The molecule has 0 aliphatic rings. The number of aliphatic hydroxyl groups is 2. The summed E-state index contributed by atoms with van der Waals surface area (Å²) >= 11 is 0. The van der Waals surface area contributed by atoms with Crippen LogP contribution >= 0.6 is 0 Å². The van der Waals surface area contributed by atoms with Crippen molar-refractivity contribution >= 4 is 5.97 Å². The smallest absolute Gasteiger partial charge is 0.327 e. The summed E-state index contributed by atoms with van der Waals surface area (Å²) in [5.41, 5.74) is 0. The number of aliphatic hydroxyl groups excluding tert-OH is 2. The average Bonchev–Trinajstić information content (AvgIpc) is 2.47. The van der Waals surface area contributed by atoms with Gasteiger partial charge >= 0.3 is 5.97 Å². The third-order valence-electron chi connectivity index (χ3n) is 3.57.